The molecule has 2 amide bonds. The van der Waals surface area contributed by atoms with E-state index in [0.29, 0.717) is 0 Å². The van der Waals surface area contributed by atoms with Gasteiger partial charge >= 0.3 is 6.18 Å². The Kier molecular flexibility index (Phi) is 6.21. The van der Waals surface area contributed by atoms with Crippen LogP contribution in [0.25, 0.3) is 5.69 Å². The number of hydrogen-bond acceptors (Lipinski definition) is 4. The Morgan fingerprint density at radius 3 is 2.52 bits per heavy atom. The lowest BCUT2D eigenvalue weighted by molar-refractivity contribution is -0.137. The van der Waals surface area contributed by atoms with Crippen LogP contribution >= 0.6 is 11.6 Å². The van der Waals surface area contributed by atoms with E-state index < -0.39 is 23.6 Å². The van der Waals surface area contributed by atoms with Crippen molar-refractivity contribution < 1.29 is 27.5 Å². The number of nitrogens with one attached hydrogen (secondary N) is 2. The minimum absolute atomic E-state index is 0.0513. The van der Waals surface area contributed by atoms with Crippen LogP contribution < -0.4 is 15.4 Å². The highest BCUT2D eigenvalue weighted by molar-refractivity contribution is 6.34. The number of alkyl halides is 3. The number of rotatable bonds is 5. The Labute approximate surface area is 179 Å². The molecule has 162 valence electrons. The van der Waals surface area contributed by atoms with Gasteiger partial charge in [-0.05, 0) is 36.4 Å². The van der Waals surface area contributed by atoms with Crippen LogP contribution in [0.2, 0.25) is 5.02 Å². The maximum absolute atomic E-state index is 13.0. The Morgan fingerprint density at radius 2 is 1.87 bits per heavy atom. The first-order chi connectivity index (χ1) is 14.6. The normalized spacial score (nSPS) is 11.2. The summed E-state index contributed by atoms with van der Waals surface area (Å²) in [6, 6.07) is 8.81. The Morgan fingerprint density at radius 1 is 1.13 bits per heavy atom. The van der Waals surface area contributed by atoms with Crippen molar-refractivity contribution in [3.8, 4) is 11.4 Å². The highest BCUT2D eigenvalue weighted by Gasteiger charge is 2.30. The molecule has 0 saturated heterocycles. The van der Waals surface area contributed by atoms with Gasteiger partial charge in [0.15, 0.2) is 11.4 Å². The van der Waals surface area contributed by atoms with Gasteiger partial charge in [0.25, 0.3) is 11.8 Å². The molecule has 0 radical (unpaired) electrons. The Bertz CT molecular complexity index is 1140. The molecular formula is C20H16ClF3N4O3. The molecule has 0 aliphatic carbocycles. The number of carbonyl (C=O) groups excluding carboxylic acids is 2. The molecule has 0 bridgehead atoms. The number of carbonyl (C=O) groups is 2. The predicted octanol–water partition coefficient (Wildman–Crippen LogP) is 4.17. The summed E-state index contributed by atoms with van der Waals surface area (Å²) in [6.45, 7) is 0. The summed E-state index contributed by atoms with van der Waals surface area (Å²) >= 11 is 6.00. The van der Waals surface area contributed by atoms with Crippen molar-refractivity contribution in [3.63, 3.8) is 0 Å². The molecule has 7 nitrogen and oxygen atoms in total. The summed E-state index contributed by atoms with van der Waals surface area (Å²) in [4.78, 5) is 24.6. The standard InChI is InChI=1S/C20H16ClF3N4O3/c1-25-18(29)14-9-12(6-7-15(14)21)26-19(30)17-16(31-2)10-28(27-17)13-5-3-4-11(8-13)20(22,23)24/h3-10H,1-2H3,(H,25,29)(H,26,30). The van der Waals surface area contributed by atoms with E-state index in [2.05, 4.69) is 15.7 Å². The zero-order valence-corrected chi connectivity index (χ0v) is 17.0. The molecule has 0 atom stereocenters. The molecule has 2 aromatic carbocycles. The summed E-state index contributed by atoms with van der Waals surface area (Å²) in [5.74, 6) is -1.07. The molecule has 1 aromatic heterocycles. The first kappa shape index (κ1) is 22.2. The van der Waals surface area contributed by atoms with Crippen molar-refractivity contribution in [1.82, 2.24) is 15.1 Å². The second kappa shape index (κ2) is 8.68. The van der Waals surface area contributed by atoms with Crippen molar-refractivity contribution in [2.45, 2.75) is 6.18 Å². The van der Waals surface area contributed by atoms with Crippen molar-refractivity contribution in [3.05, 3.63) is 70.5 Å². The van der Waals surface area contributed by atoms with E-state index in [1.165, 1.54) is 50.7 Å². The lowest BCUT2D eigenvalue weighted by Crippen LogP contribution is -2.19. The van der Waals surface area contributed by atoms with Crippen LogP contribution in [-0.2, 0) is 6.18 Å². The quantitative estimate of drug-likeness (QED) is 0.608. The first-order valence-electron chi connectivity index (χ1n) is 8.78. The molecule has 0 unspecified atom stereocenters. The molecule has 2 N–H and O–H groups in total. The van der Waals surface area contributed by atoms with Crippen LogP contribution in [0.15, 0.2) is 48.7 Å². The van der Waals surface area contributed by atoms with Gasteiger partial charge < -0.3 is 15.4 Å². The third-order valence-electron chi connectivity index (χ3n) is 4.25. The van der Waals surface area contributed by atoms with E-state index in [4.69, 9.17) is 16.3 Å². The molecule has 0 fully saturated rings. The SMILES string of the molecule is CNC(=O)c1cc(NC(=O)c2nn(-c3cccc(C(F)(F)F)c3)cc2OC)ccc1Cl. The topological polar surface area (TPSA) is 85.3 Å². The third kappa shape index (κ3) is 4.80. The van der Waals surface area contributed by atoms with Gasteiger partial charge in [-0.25, -0.2) is 4.68 Å². The third-order valence-corrected chi connectivity index (χ3v) is 4.58. The van der Waals surface area contributed by atoms with Gasteiger partial charge in [-0.2, -0.15) is 18.3 Å². The molecule has 3 aromatic rings. The van der Waals surface area contributed by atoms with E-state index >= 15 is 0 Å². The summed E-state index contributed by atoms with van der Waals surface area (Å²) in [6.07, 6.45) is -3.23. The van der Waals surface area contributed by atoms with Gasteiger partial charge in [0, 0.05) is 12.7 Å². The van der Waals surface area contributed by atoms with Gasteiger partial charge in [0.1, 0.15) is 0 Å². The summed E-state index contributed by atoms with van der Waals surface area (Å²) < 4.78 is 45.2. The largest absolute Gasteiger partial charge is 0.493 e. The number of hydrogen-bond donors (Lipinski definition) is 2. The maximum atomic E-state index is 13.0. The number of ether oxygens (including phenoxy) is 1. The number of halogens is 4. The first-order valence-corrected chi connectivity index (χ1v) is 9.16. The molecule has 0 aliphatic rings. The van der Waals surface area contributed by atoms with Crippen molar-refractivity contribution in [2.24, 2.45) is 0 Å². The minimum Gasteiger partial charge on any atom is -0.493 e. The smallest absolute Gasteiger partial charge is 0.416 e. The number of amides is 2. The van der Waals surface area contributed by atoms with Crippen LogP contribution in [-0.4, -0.2) is 35.8 Å². The molecule has 0 spiro atoms. The van der Waals surface area contributed by atoms with E-state index in [9.17, 15) is 22.8 Å². The number of aromatic nitrogens is 2. The van der Waals surface area contributed by atoms with E-state index in [0.717, 1.165) is 16.8 Å². The molecule has 0 aliphatic heterocycles. The molecular weight excluding hydrogens is 437 g/mol. The van der Waals surface area contributed by atoms with Gasteiger partial charge in [0.05, 0.1) is 35.1 Å². The second-order valence-corrected chi connectivity index (χ2v) is 6.67. The van der Waals surface area contributed by atoms with Crippen LogP contribution in [0, 0.1) is 0 Å². The Balaban J connectivity index is 1.91. The van der Waals surface area contributed by atoms with Crippen LogP contribution in [0.5, 0.6) is 5.75 Å². The fourth-order valence-electron chi connectivity index (χ4n) is 2.72. The number of benzene rings is 2. The number of methoxy groups -OCH3 is 1. The number of nitrogens with zero attached hydrogens (tertiary/aromatic N) is 2. The molecule has 11 heteroatoms. The highest BCUT2D eigenvalue weighted by atomic mass is 35.5. The van der Waals surface area contributed by atoms with Gasteiger partial charge in [0.2, 0.25) is 0 Å². The average Bonchev–Trinajstić information content (AvgIpc) is 3.19. The maximum Gasteiger partial charge on any atom is 0.416 e. The summed E-state index contributed by atoms with van der Waals surface area (Å²) in [7, 11) is 2.74. The van der Waals surface area contributed by atoms with Crippen molar-refractivity contribution in [1.29, 1.82) is 0 Å². The van der Waals surface area contributed by atoms with Crippen molar-refractivity contribution in [2.75, 3.05) is 19.5 Å². The fourth-order valence-corrected chi connectivity index (χ4v) is 2.93. The lowest BCUT2D eigenvalue weighted by atomic mass is 10.2. The van der Waals surface area contributed by atoms with Crippen LogP contribution in [0.3, 0.4) is 0 Å². The molecule has 1 heterocycles. The average molecular weight is 453 g/mol. The molecule has 0 saturated carbocycles. The van der Waals surface area contributed by atoms with Gasteiger partial charge in [-0.15, -0.1) is 0 Å². The number of anilines is 1. The monoisotopic (exact) mass is 452 g/mol. The molecule has 31 heavy (non-hydrogen) atoms. The summed E-state index contributed by atoms with van der Waals surface area (Å²) in [5, 5.41) is 9.27. The van der Waals surface area contributed by atoms with Crippen LogP contribution in [0.1, 0.15) is 26.4 Å². The van der Waals surface area contributed by atoms with Gasteiger partial charge in [-0.1, -0.05) is 17.7 Å². The predicted molar refractivity (Wildman–Crippen MR) is 108 cm³/mol. The zero-order chi connectivity index (χ0) is 22.8. The lowest BCUT2D eigenvalue weighted by Gasteiger charge is -2.09. The van der Waals surface area contributed by atoms with Crippen LogP contribution in [0.4, 0.5) is 18.9 Å². The molecule has 3 rings (SSSR count). The minimum atomic E-state index is -4.52. The Hall–Kier alpha value is -3.53. The fraction of sp³-hybridized carbons (Fsp3) is 0.150. The second-order valence-electron chi connectivity index (χ2n) is 6.27. The van der Waals surface area contributed by atoms with Crippen molar-refractivity contribution >= 4 is 29.1 Å². The zero-order valence-electron chi connectivity index (χ0n) is 16.2. The van der Waals surface area contributed by atoms with E-state index in [1.807, 2.05) is 0 Å². The summed E-state index contributed by atoms with van der Waals surface area (Å²) in [5.41, 5.74) is -0.489. The van der Waals surface area contributed by atoms with E-state index in [1.54, 1.807) is 0 Å². The van der Waals surface area contributed by atoms with Gasteiger partial charge in [-0.3, -0.25) is 9.59 Å². The van der Waals surface area contributed by atoms with E-state index in [-0.39, 0.29) is 33.4 Å². The highest BCUT2D eigenvalue weighted by Crippen LogP contribution is 2.31.